The molecule has 1 aromatic rings. The van der Waals surface area contributed by atoms with Crippen molar-refractivity contribution < 1.29 is 9.21 Å². The molecule has 4 heteroatoms. The second kappa shape index (κ2) is 5.14. The van der Waals surface area contributed by atoms with Crippen LogP contribution in [0.15, 0.2) is 4.42 Å². The van der Waals surface area contributed by atoms with Crippen LogP contribution >= 0.6 is 0 Å². The minimum absolute atomic E-state index is 0.0914. The third-order valence-corrected chi connectivity index (χ3v) is 3.95. The third kappa shape index (κ3) is 2.29. The van der Waals surface area contributed by atoms with Gasteiger partial charge in [0.25, 0.3) is 5.91 Å². The number of carbonyl (C=O) groups excluding carboxylic acids is 1. The monoisotopic (exact) mass is 250 g/mol. The van der Waals surface area contributed by atoms with Gasteiger partial charge in [-0.25, -0.2) is 0 Å². The first-order chi connectivity index (χ1) is 8.52. The van der Waals surface area contributed by atoms with E-state index in [-0.39, 0.29) is 5.91 Å². The van der Waals surface area contributed by atoms with Gasteiger partial charge in [-0.3, -0.25) is 4.79 Å². The van der Waals surface area contributed by atoms with E-state index < -0.39 is 0 Å². The fourth-order valence-corrected chi connectivity index (χ4v) is 2.64. The zero-order valence-electron chi connectivity index (χ0n) is 11.7. The highest BCUT2D eigenvalue weighted by Crippen LogP contribution is 2.23. The predicted octanol–water partition coefficient (Wildman–Crippen LogP) is 2.03. The fourth-order valence-electron chi connectivity index (χ4n) is 2.64. The molecule has 1 aliphatic heterocycles. The first-order valence-corrected chi connectivity index (χ1v) is 6.56. The minimum Gasteiger partial charge on any atom is -0.466 e. The highest BCUT2D eigenvalue weighted by Gasteiger charge is 2.27. The molecule has 1 aliphatic rings. The van der Waals surface area contributed by atoms with Crippen LogP contribution in [-0.2, 0) is 0 Å². The Morgan fingerprint density at radius 1 is 1.22 bits per heavy atom. The molecule has 18 heavy (non-hydrogen) atoms. The average Bonchev–Trinajstić information content (AvgIpc) is 2.63. The molecule has 1 N–H and O–H groups in total. The van der Waals surface area contributed by atoms with E-state index in [1.165, 1.54) is 0 Å². The Kier molecular flexibility index (Phi) is 3.76. The lowest BCUT2D eigenvalue weighted by Gasteiger charge is -2.31. The number of furan rings is 1. The van der Waals surface area contributed by atoms with Crippen LogP contribution in [0.3, 0.4) is 0 Å². The lowest BCUT2D eigenvalue weighted by molar-refractivity contribution is 0.0701. The van der Waals surface area contributed by atoms with Gasteiger partial charge in [-0.15, -0.1) is 0 Å². The standard InChI is InChI=1S/C14H22N2O2/c1-9-10(2)18-11(3)13(9)14(17)16(4)12-5-7-15-8-6-12/h12,15H,5-8H2,1-4H3. The van der Waals surface area contributed by atoms with E-state index in [9.17, 15) is 4.79 Å². The van der Waals surface area contributed by atoms with Crippen molar-refractivity contribution in [2.45, 2.75) is 39.7 Å². The zero-order valence-corrected chi connectivity index (χ0v) is 11.7. The molecular formula is C14H22N2O2. The van der Waals surface area contributed by atoms with Gasteiger partial charge in [0.15, 0.2) is 0 Å². The SMILES string of the molecule is Cc1oc(C)c(C(=O)N(C)C2CCNCC2)c1C. The second-order valence-electron chi connectivity index (χ2n) is 5.11. The van der Waals surface area contributed by atoms with Crippen molar-refractivity contribution in [1.82, 2.24) is 10.2 Å². The zero-order chi connectivity index (χ0) is 13.3. The quantitative estimate of drug-likeness (QED) is 0.873. The van der Waals surface area contributed by atoms with Crippen LogP contribution < -0.4 is 5.32 Å². The normalized spacial score (nSPS) is 16.9. The Labute approximate surface area is 108 Å². The number of rotatable bonds is 2. The molecule has 1 fully saturated rings. The summed E-state index contributed by atoms with van der Waals surface area (Å²) in [6.07, 6.45) is 2.05. The Morgan fingerprint density at radius 2 is 1.83 bits per heavy atom. The maximum atomic E-state index is 12.5. The van der Waals surface area contributed by atoms with E-state index in [0.29, 0.717) is 6.04 Å². The summed E-state index contributed by atoms with van der Waals surface area (Å²) in [6.45, 7) is 7.71. The smallest absolute Gasteiger partial charge is 0.257 e. The maximum absolute atomic E-state index is 12.5. The summed E-state index contributed by atoms with van der Waals surface area (Å²) in [5.41, 5.74) is 1.71. The van der Waals surface area contributed by atoms with Crippen LogP contribution in [-0.4, -0.2) is 37.0 Å². The van der Waals surface area contributed by atoms with E-state index in [0.717, 1.165) is 48.6 Å². The number of amides is 1. The van der Waals surface area contributed by atoms with Gasteiger partial charge in [-0.05, 0) is 46.7 Å². The number of nitrogens with one attached hydrogen (secondary N) is 1. The summed E-state index contributed by atoms with van der Waals surface area (Å²) in [4.78, 5) is 14.4. The van der Waals surface area contributed by atoms with Gasteiger partial charge in [0, 0.05) is 18.7 Å². The fraction of sp³-hybridized carbons (Fsp3) is 0.643. The second-order valence-corrected chi connectivity index (χ2v) is 5.11. The topological polar surface area (TPSA) is 45.5 Å². The molecule has 100 valence electrons. The minimum atomic E-state index is 0.0914. The number of hydrogen-bond acceptors (Lipinski definition) is 3. The molecule has 0 bridgehead atoms. The van der Waals surface area contributed by atoms with Gasteiger partial charge in [-0.1, -0.05) is 0 Å². The number of hydrogen-bond donors (Lipinski definition) is 1. The van der Waals surface area contributed by atoms with Crippen LogP contribution in [0.1, 0.15) is 40.3 Å². The van der Waals surface area contributed by atoms with E-state index in [4.69, 9.17) is 4.42 Å². The molecule has 4 nitrogen and oxygen atoms in total. The lowest BCUT2D eigenvalue weighted by Crippen LogP contribution is -2.44. The van der Waals surface area contributed by atoms with E-state index in [2.05, 4.69) is 5.32 Å². The van der Waals surface area contributed by atoms with Crippen molar-refractivity contribution in [3.05, 3.63) is 22.6 Å². The van der Waals surface area contributed by atoms with Crippen LogP contribution in [0.4, 0.5) is 0 Å². The Morgan fingerprint density at radius 3 is 2.33 bits per heavy atom. The molecule has 0 aliphatic carbocycles. The number of carbonyl (C=O) groups is 1. The highest BCUT2D eigenvalue weighted by atomic mass is 16.3. The van der Waals surface area contributed by atoms with Crippen molar-refractivity contribution in [3.8, 4) is 0 Å². The van der Waals surface area contributed by atoms with Gasteiger partial charge in [-0.2, -0.15) is 0 Å². The van der Waals surface area contributed by atoms with E-state index >= 15 is 0 Å². The van der Waals surface area contributed by atoms with Gasteiger partial charge < -0.3 is 14.6 Å². The van der Waals surface area contributed by atoms with Crippen molar-refractivity contribution in [3.63, 3.8) is 0 Å². The Hall–Kier alpha value is -1.29. The van der Waals surface area contributed by atoms with Gasteiger partial charge in [0.2, 0.25) is 0 Å². The first-order valence-electron chi connectivity index (χ1n) is 6.56. The molecule has 1 amide bonds. The molecule has 2 heterocycles. The first kappa shape index (κ1) is 13.1. The van der Waals surface area contributed by atoms with Gasteiger partial charge in [0.05, 0.1) is 5.56 Å². The molecule has 0 spiro atoms. The molecule has 0 aromatic carbocycles. The number of aryl methyl sites for hydroxylation is 2. The Bertz CT molecular complexity index is 445. The van der Waals surface area contributed by atoms with Crippen LogP contribution in [0.5, 0.6) is 0 Å². The van der Waals surface area contributed by atoms with E-state index in [1.54, 1.807) is 0 Å². The summed E-state index contributed by atoms with van der Waals surface area (Å²) >= 11 is 0. The van der Waals surface area contributed by atoms with Crippen molar-refractivity contribution in [1.29, 1.82) is 0 Å². The maximum Gasteiger partial charge on any atom is 0.257 e. The van der Waals surface area contributed by atoms with Crippen LogP contribution in [0.25, 0.3) is 0 Å². The summed E-state index contributed by atoms with van der Waals surface area (Å²) in [5.74, 6) is 1.67. The van der Waals surface area contributed by atoms with Crippen molar-refractivity contribution in [2.24, 2.45) is 0 Å². The van der Waals surface area contributed by atoms with Crippen molar-refractivity contribution >= 4 is 5.91 Å². The molecule has 0 saturated carbocycles. The molecule has 0 atom stereocenters. The average molecular weight is 250 g/mol. The molecule has 2 rings (SSSR count). The van der Waals surface area contributed by atoms with E-state index in [1.807, 2.05) is 32.7 Å². The van der Waals surface area contributed by atoms with Crippen molar-refractivity contribution in [2.75, 3.05) is 20.1 Å². The third-order valence-electron chi connectivity index (χ3n) is 3.95. The van der Waals surface area contributed by atoms with Crippen LogP contribution in [0, 0.1) is 20.8 Å². The lowest BCUT2D eigenvalue weighted by atomic mass is 10.0. The predicted molar refractivity (Wildman–Crippen MR) is 70.9 cm³/mol. The summed E-state index contributed by atoms with van der Waals surface area (Å²) in [7, 11) is 1.90. The molecular weight excluding hydrogens is 228 g/mol. The molecule has 1 saturated heterocycles. The number of nitrogens with zero attached hydrogens (tertiary/aromatic N) is 1. The Balaban J connectivity index is 2.19. The summed E-state index contributed by atoms with van der Waals surface area (Å²) in [5, 5.41) is 3.32. The largest absolute Gasteiger partial charge is 0.466 e. The van der Waals surface area contributed by atoms with Crippen LogP contribution in [0.2, 0.25) is 0 Å². The highest BCUT2D eigenvalue weighted by molar-refractivity contribution is 5.96. The van der Waals surface area contributed by atoms with Gasteiger partial charge >= 0.3 is 0 Å². The summed E-state index contributed by atoms with van der Waals surface area (Å²) < 4.78 is 5.54. The summed E-state index contributed by atoms with van der Waals surface area (Å²) in [6, 6.07) is 0.341. The molecule has 0 unspecified atom stereocenters. The molecule has 1 aromatic heterocycles. The van der Waals surface area contributed by atoms with Gasteiger partial charge in [0.1, 0.15) is 11.5 Å². The molecule has 0 radical (unpaired) electrons. The number of piperidine rings is 1.